The summed E-state index contributed by atoms with van der Waals surface area (Å²) in [7, 11) is 0. The van der Waals surface area contributed by atoms with Gasteiger partial charge in [-0.25, -0.2) is 0 Å². The lowest BCUT2D eigenvalue weighted by atomic mass is 9.91. The molecule has 2 unspecified atom stereocenters. The molecule has 2 atom stereocenters. The molecule has 174 valence electrons. The van der Waals surface area contributed by atoms with Gasteiger partial charge in [-0.2, -0.15) is 11.8 Å². The van der Waals surface area contributed by atoms with Crippen LogP contribution in [0.3, 0.4) is 0 Å². The molecule has 0 saturated heterocycles. The van der Waals surface area contributed by atoms with Gasteiger partial charge in [0.1, 0.15) is 17.6 Å². The maximum Gasteiger partial charge on any atom is 0.125 e. The van der Waals surface area contributed by atoms with Crippen molar-refractivity contribution in [2.75, 3.05) is 12.8 Å². The van der Waals surface area contributed by atoms with E-state index in [-0.39, 0.29) is 6.10 Å². The predicted octanol–water partition coefficient (Wildman–Crippen LogP) is 6.79. The minimum Gasteiger partial charge on any atom is -0.490 e. The molecule has 2 aromatic carbocycles. The van der Waals surface area contributed by atoms with E-state index in [0.29, 0.717) is 12.1 Å². The minimum atomic E-state index is 0.150. The molecule has 4 rings (SSSR count). The number of rotatable bonds is 8. The zero-order valence-corrected chi connectivity index (χ0v) is 21.0. The summed E-state index contributed by atoms with van der Waals surface area (Å²) in [5, 5.41) is 4.49. The molecule has 32 heavy (non-hydrogen) atoms. The predicted molar refractivity (Wildman–Crippen MR) is 136 cm³/mol. The van der Waals surface area contributed by atoms with Gasteiger partial charge in [-0.05, 0) is 112 Å². The fourth-order valence-electron chi connectivity index (χ4n) is 5.16. The highest BCUT2D eigenvalue weighted by molar-refractivity contribution is 7.99. The Hall–Kier alpha value is -1.65. The molecule has 0 aromatic heterocycles. The second kappa shape index (κ2) is 11.0. The Morgan fingerprint density at radius 2 is 1.81 bits per heavy atom. The Labute approximate surface area is 198 Å². The first-order chi connectivity index (χ1) is 15.5. The van der Waals surface area contributed by atoms with E-state index in [2.05, 4.69) is 68.7 Å². The van der Waals surface area contributed by atoms with Crippen LogP contribution in [0.25, 0.3) is 0 Å². The third kappa shape index (κ3) is 5.82. The second-order valence-electron chi connectivity index (χ2n) is 9.60. The standard InChI is InChI=1S/C28H39NO2S/c1-19-6-5-7-20(2)28(19)27-14-8-22-18-25(13-15-26(22)31-27)30-24-11-9-23(10-12-24)29-17-16-21(3)32-4/h5-7,13,15,18,21,23-24,27,29H,8-12,14,16-17H2,1-4H3. The Kier molecular flexibility index (Phi) is 8.07. The van der Waals surface area contributed by atoms with E-state index < -0.39 is 0 Å². The molecule has 0 radical (unpaired) electrons. The van der Waals surface area contributed by atoms with Crippen molar-refractivity contribution in [1.82, 2.24) is 5.32 Å². The molecule has 3 nitrogen and oxygen atoms in total. The fraction of sp³-hybridized carbons (Fsp3) is 0.571. The summed E-state index contributed by atoms with van der Waals surface area (Å²) in [5.74, 6) is 2.02. The summed E-state index contributed by atoms with van der Waals surface area (Å²) >= 11 is 1.95. The van der Waals surface area contributed by atoms with E-state index in [0.717, 1.165) is 49.0 Å². The molecular weight excluding hydrogens is 414 g/mol. The number of fused-ring (bicyclic) bond motifs is 1. The summed E-state index contributed by atoms with van der Waals surface area (Å²) in [6.07, 6.45) is 10.7. The van der Waals surface area contributed by atoms with Crippen LogP contribution in [-0.2, 0) is 6.42 Å². The van der Waals surface area contributed by atoms with Gasteiger partial charge >= 0.3 is 0 Å². The van der Waals surface area contributed by atoms with Crippen LogP contribution in [0.5, 0.6) is 11.5 Å². The average Bonchev–Trinajstić information content (AvgIpc) is 2.80. The van der Waals surface area contributed by atoms with E-state index in [9.17, 15) is 0 Å². The van der Waals surface area contributed by atoms with Crippen molar-refractivity contribution in [1.29, 1.82) is 0 Å². The summed E-state index contributed by atoms with van der Waals surface area (Å²) in [4.78, 5) is 0. The molecule has 2 aromatic rings. The van der Waals surface area contributed by atoms with Gasteiger partial charge < -0.3 is 14.8 Å². The fourth-order valence-corrected chi connectivity index (χ4v) is 5.52. The van der Waals surface area contributed by atoms with Crippen LogP contribution in [0, 0.1) is 13.8 Å². The zero-order chi connectivity index (χ0) is 22.5. The first kappa shape index (κ1) is 23.5. The molecule has 1 heterocycles. The molecule has 1 fully saturated rings. The van der Waals surface area contributed by atoms with Crippen LogP contribution in [0.2, 0.25) is 0 Å². The Balaban J connectivity index is 1.29. The van der Waals surface area contributed by atoms with Crippen molar-refractivity contribution in [3.63, 3.8) is 0 Å². The van der Waals surface area contributed by atoms with Crippen molar-refractivity contribution >= 4 is 11.8 Å². The van der Waals surface area contributed by atoms with Gasteiger partial charge in [-0.1, -0.05) is 25.1 Å². The Morgan fingerprint density at radius 3 is 2.53 bits per heavy atom. The zero-order valence-electron chi connectivity index (χ0n) is 20.2. The van der Waals surface area contributed by atoms with Crippen molar-refractivity contribution in [3.8, 4) is 11.5 Å². The van der Waals surface area contributed by atoms with E-state index in [4.69, 9.17) is 9.47 Å². The normalized spacial score (nSPS) is 23.8. The number of aryl methyl sites for hydroxylation is 3. The Bertz CT molecular complexity index is 871. The van der Waals surface area contributed by atoms with E-state index in [1.807, 2.05) is 11.8 Å². The SMILES string of the molecule is CSC(C)CCNC1CCC(Oc2ccc3c(c2)CCC(c2c(C)cccc2C)O3)CC1. The Morgan fingerprint density at radius 1 is 1.06 bits per heavy atom. The monoisotopic (exact) mass is 453 g/mol. The minimum absolute atomic E-state index is 0.150. The average molecular weight is 454 g/mol. The molecule has 2 aliphatic rings. The summed E-state index contributed by atoms with van der Waals surface area (Å²) in [6.45, 7) is 7.82. The maximum atomic E-state index is 6.44. The lowest BCUT2D eigenvalue weighted by Gasteiger charge is -2.31. The van der Waals surface area contributed by atoms with Crippen molar-refractivity contribution in [2.45, 2.75) is 89.2 Å². The van der Waals surface area contributed by atoms with E-state index in [1.54, 1.807) is 0 Å². The van der Waals surface area contributed by atoms with Crippen molar-refractivity contribution in [2.24, 2.45) is 0 Å². The molecule has 1 N–H and O–H groups in total. The van der Waals surface area contributed by atoms with Crippen LogP contribution in [0.1, 0.15) is 73.8 Å². The summed E-state index contributed by atoms with van der Waals surface area (Å²) in [6, 6.07) is 13.6. The number of nitrogens with one attached hydrogen (secondary N) is 1. The second-order valence-corrected chi connectivity index (χ2v) is 10.9. The lowest BCUT2D eigenvalue weighted by molar-refractivity contribution is 0.138. The van der Waals surface area contributed by atoms with E-state index >= 15 is 0 Å². The molecule has 1 aliphatic heterocycles. The van der Waals surface area contributed by atoms with Crippen molar-refractivity contribution < 1.29 is 9.47 Å². The summed E-state index contributed by atoms with van der Waals surface area (Å²) < 4.78 is 12.8. The number of hydrogen-bond acceptors (Lipinski definition) is 4. The molecule has 0 spiro atoms. The van der Waals surface area contributed by atoms with Crippen LogP contribution >= 0.6 is 11.8 Å². The van der Waals surface area contributed by atoms with Crippen LogP contribution in [-0.4, -0.2) is 30.2 Å². The van der Waals surface area contributed by atoms with Gasteiger partial charge in [0.25, 0.3) is 0 Å². The smallest absolute Gasteiger partial charge is 0.125 e. The molecule has 1 aliphatic carbocycles. The third-order valence-electron chi connectivity index (χ3n) is 7.20. The summed E-state index contributed by atoms with van der Waals surface area (Å²) in [5.41, 5.74) is 5.28. The maximum absolute atomic E-state index is 6.44. The number of ether oxygens (including phenoxy) is 2. The first-order valence-corrected chi connectivity index (χ1v) is 13.6. The highest BCUT2D eigenvalue weighted by atomic mass is 32.2. The first-order valence-electron chi connectivity index (χ1n) is 12.3. The van der Waals surface area contributed by atoms with Crippen LogP contribution in [0.4, 0.5) is 0 Å². The lowest BCUT2D eigenvalue weighted by Crippen LogP contribution is -2.37. The van der Waals surface area contributed by atoms with Crippen molar-refractivity contribution in [3.05, 3.63) is 58.7 Å². The van der Waals surface area contributed by atoms with Gasteiger partial charge in [-0.3, -0.25) is 0 Å². The highest BCUT2D eigenvalue weighted by Gasteiger charge is 2.26. The number of thioether (sulfide) groups is 1. The molecule has 0 bridgehead atoms. The van der Waals surface area contributed by atoms with E-state index in [1.165, 1.54) is 41.5 Å². The molecule has 1 saturated carbocycles. The molecule has 0 amide bonds. The number of benzene rings is 2. The molecular formula is C28H39NO2S. The number of hydrogen-bond donors (Lipinski definition) is 1. The molecule has 4 heteroatoms. The topological polar surface area (TPSA) is 30.5 Å². The van der Waals surface area contributed by atoms with Gasteiger partial charge in [0.15, 0.2) is 0 Å². The van der Waals surface area contributed by atoms with Gasteiger partial charge in [-0.15, -0.1) is 0 Å². The van der Waals surface area contributed by atoms with Crippen LogP contribution < -0.4 is 14.8 Å². The van der Waals surface area contributed by atoms with Gasteiger partial charge in [0.2, 0.25) is 0 Å². The van der Waals surface area contributed by atoms with Gasteiger partial charge in [0.05, 0.1) is 6.10 Å². The highest BCUT2D eigenvalue weighted by Crippen LogP contribution is 2.39. The third-order valence-corrected chi connectivity index (χ3v) is 8.24. The quantitative estimate of drug-likeness (QED) is 0.477. The largest absolute Gasteiger partial charge is 0.490 e. The van der Waals surface area contributed by atoms with Crippen LogP contribution in [0.15, 0.2) is 36.4 Å². The van der Waals surface area contributed by atoms with Gasteiger partial charge in [0, 0.05) is 11.3 Å².